The second-order valence-electron chi connectivity index (χ2n) is 5.81. The first kappa shape index (κ1) is 14.1. The van der Waals surface area contributed by atoms with Crippen molar-refractivity contribution in [3.05, 3.63) is 35.4 Å². The largest absolute Gasteiger partial charge is 0.479 e. The third-order valence-corrected chi connectivity index (χ3v) is 4.28. The number of ether oxygens (including phenoxy) is 1. The Balaban J connectivity index is 1.78. The lowest BCUT2D eigenvalue weighted by atomic mass is 9.99. The van der Waals surface area contributed by atoms with E-state index in [1.54, 1.807) is 11.8 Å². The van der Waals surface area contributed by atoms with Crippen LogP contribution in [0.2, 0.25) is 0 Å². The normalized spacial score (nSPS) is 28.2. The minimum Gasteiger partial charge on any atom is -0.479 e. The predicted octanol–water partition coefficient (Wildman–Crippen LogP) is 1.42. The summed E-state index contributed by atoms with van der Waals surface area (Å²) < 4.78 is 5.37. The number of aryl methyl sites for hydroxylation is 1. The van der Waals surface area contributed by atoms with Gasteiger partial charge in [-0.25, -0.2) is 4.79 Å². The van der Waals surface area contributed by atoms with E-state index in [9.17, 15) is 9.59 Å². The number of fused-ring (bicyclic) bond motifs is 1. The number of morpholine rings is 1. The minimum atomic E-state index is -1.01. The molecule has 0 radical (unpaired) electrons. The summed E-state index contributed by atoms with van der Waals surface area (Å²) in [6.07, 6.45) is 0.547. The summed E-state index contributed by atoms with van der Waals surface area (Å²) in [5.41, 5.74) is 2.32. The molecule has 1 aromatic carbocycles. The van der Waals surface area contributed by atoms with Gasteiger partial charge in [-0.05, 0) is 30.9 Å². The fraction of sp³-hybridized carbons (Fsp3) is 0.500. The van der Waals surface area contributed by atoms with Crippen LogP contribution in [-0.4, -0.2) is 47.2 Å². The highest BCUT2D eigenvalue weighted by Crippen LogP contribution is 2.34. The van der Waals surface area contributed by atoms with Crippen LogP contribution in [0.3, 0.4) is 0 Å². The number of nitrogens with zero attached hydrogens (tertiary/aromatic N) is 1. The van der Waals surface area contributed by atoms with Gasteiger partial charge in [0, 0.05) is 6.54 Å². The fourth-order valence-electron chi connectivity index (χ4n) is 3.30. The van der Waals surface area contributed by atoms with Crippen LogP contribution < -0.4 is 0 Å². The average Bonchev–Trinajstić information content (AvgIpc) is 2.89. The molecular formula is C16H19NO4. The zero-order valence-corrected chi connectivity index (χ0v) is 12.0. The zero-order chi connectivity index (χ0) is 15.0. The van der Waals surface area contributed by atoms with Crippen molar-refractivity contribution in [1.29, 1.82) is 0 Å². The van der Waals surface area contributed by atoms with Gasteiger partial charge in [-0.15, -0.1) is 0 Å². The number of carbonyl (C=O) groups is 2. The van der Waals surface area contributed by atoms with E-state index >= 15 is 0 Å². The molecule has 5 heteroatoms. The lowest BCUT2D eigenvalue weighted by Crippen LogP contribution is -2.52. The first-order chi connectivity index (χ1) is 10.1. The zero-order valence-electron chi connectivity index (χ0n) is 12.0. The van der Waals surface area contributed by atoms with Gasteiger partial charge < -0.3 is 14.7 Å². The molecule has 3 atom stereocenters. The Labute approximate surface area is 123 Å². The molecule has 1 N–H and O–H groups in total. The van der Waals surface area contributed by atoms with Gasteiger partial charge in [0.05, 0.1) is 18.6 Å². The molecule has 0 aromatic heterocycles. The number of hydrogen-bond acceptors (Lipinski definition) is 3. The van der Waals surface area contributed by atoms with E-state index in [0.717, 1.165) is 18.4 Å². The van der Waals surface area contributed by atoms with E-state index in [1.807, 2.05) is 18.2 Å². The molecular weight excluding hydrogens is 270 g/mol. The number of benzene rings is 1. The summed E-state index contributed by atoms with van der Waals surface area (Å²) in [4.78, 5) is 25.5. The summed E-state index contributed by atoms with van der Waals surface area (Å²) in [5, 5.41) is 9.12. The molecule has 1 saturated heterocycles. The number of carboxylic acid groups (broad SMARTS) is 1. The second-order valence-corrected chi connectivity index (χ2v) is 5.81. The fourth-order valence-corrected chi connectivity index (χ4v) is 3.30. The van der Waals surface area contributed by atoms with Crippen LogP contribution in [-0.2, 0) is 20.7 Å². The number of carbonyl (C=O) groups excluding carboxylic acids is 1. The van der Waals surface area contributed by atoms with Gasteiger partial charge in [0.15, 0.2) is 6.10 Å². The van der Waals surface area contributed by atoms with E-state index in [2.05, 4.69) is 6.07 Å². The molecule has 2 aliphatic rings. The van der Waals surface area contributed by atoms with E-state index in [-0.39, 0.29) is 24.5 Å². The highest BCUT2D eigenvalue weighted by atomic mass is 16.5. The van der Waals surface area contributed by atoms with Crippen LogP contribution in [0, 0.1) is 0 Å². The van der Waals surface area contributed by atoms with Gasteiger partial charge in [-0.1, -0.05) is 24.3 Å². The maximum Gasteiger partial charge on any atom is 0.334 e. The summed E-state index contributed by atoms with van der Waals surface area (Å²) in [6.45, 7) is 2.40. The number of carboxylic acids is 1. The van der Waals surface area contributed by atoms with Gasteiger partial charge in [0.2, 0.25) is 5.91 Å². The lowest BCUT2D eigenvalue weighted by molar-refractivity contribution is -0.167. The Morgan fingerprint density at radius 3 is 2.81 bits per heavy atom. The monoisotopic (exact) mass is 289 g/mol. The second kappa shape index (κ2) is 5.48. The Bertz CT molecular complexity index is 571. The van der Waals surface area contributed by atoms with Crippen molar-refractivity contribution in [3.8, 4) is 0 Å². The van der Waals surface area contributed by atoms with Crippen LogP contribution in [0.1, 0.15) is 30.4 Å². The van der Waals surface area contributed by atoms with Gasteiger partial charge in [-0.3, -0.25) is 4.79 Å². The Morgan fingerprint density at radius 2 is 2.05 bits per heavy atom. The van der Waals surface area contributed by atoms with E-state index in [1.165, 1.54) is 5.56 Å². The lowest BCUT2D eigenvalue weighted by Gasteiger charge is -2.36. The molecule has 1 amide bonds. The predicted molar refractivity (Wildman–Crippen MR) is 76.1 cm³/mol. The van der Waals surface area contributed by atoms with Gasteiger partial charge in [0.25, 0.3) is 0 Å². The van der Waals surface area contributed by atoms with Crippen molar-refractivity contribution in [2.24, 2.45) is 0 Å². The number of hydrogen-bond donors (Lipinski definition) is 1. The summed E-state index contributed by atoms with van der Waals surface area (Å²) >= 11 is 0. The third kappa shape index (κ3) is 2.65. The first-order valence-electron chi connectivity index (χ1n) is 7.31. The SMILES string of the molecule is C[C@@H]1CN(C(=O)C2CCc3ccccc32)CC(C(=O)O)O1. The van der Waals surface area contributed by atoms with Crippen LogP contribution in [0.4, 0.5) is 0 Å². The van der Waals surface area contributed by atoms with Gasteiger partial charge in [0.1, 0.15) is 0 Å². The molecule has 1 aliphatic heterocycles. The van der Waals surface area contributed by atoms with Crippen molar-refractivity contribution < 1.29 is 19.4 Å². The molecule has 0 spiro atoms. The standard InChI is InChI=1S/C16H19NO4/c1-10-8-17(9-14(21-10)16(19)20)15(18)13-7-6-11-4-2-3-5-12(11)13/h2-5,10,13-14H,6-9H2,1H3,(H,19,20)/t10-,13?,14?/m1/s1. The van der Waals surface area contributed by atoms with Gasteiger partial charge >= 0.3 is 5.97 Å². The van der Waals surface area contributed by atoms with E-state index in [0.29, 0.717) is 6.54 Å². The van der Waals surface area contributed by atoms with Crippen molar-refractivity contribution in [3.63, 3.8) is 0 Å². The van der Waals surface area contributed by atoms with Crippen LogP contribution >= 0.6 is 0 Å². The van der Waals surface area contributed by atoms with Crippen molar-refractivity contribution in [2.75, 3.05) is 13.1 Å². The summed E-state index contributed by atoms with van der Waals surface area (Å²) in [7, 11) is 0. The number of amides is 1. The van der Waals surface area contributed by atoms with Crippen molar-refractivity contribution >= 4 is 11.9 Å². The van der Waals surface area contributed by atoms with Crippen LogP contribution in [0.25, 0.3) is 0 Å². The van der Waals surface area contributed by atoms with Crippen molar-refractivity contribution in [2.45, 2.75) is 37.9 Å². The molecule has 5 nitrogen and oxygen atoms in total. The van der Waals surface area contributed by atoms with E-state index < -0.39 is 12.1 Å². The molecule has 21 heavy (non-hydrogen) atoms. The molecule has 1 fully saturated rings. The number of aliphatic carboxylic acids is 1. The molecule has 1 aromatic rings. The van der Waals surface area contributed by atoms with Crippen molar-refractivity contribution in [1.82, 2.24) is 4.90 Å². The van der Waals surface area contributed by atoms with Gasteiger partial charge in [-0.2, -0.15) is 0 Å². The Hall–Kier alpha value is -1.88. The first-order valence-corrected chi connectivity index (χ1v) is 7.31. The van der Waals surface area contributed by atoms with Crippen LogP contribution in [0.15, 0.2) is 24.3 Å². The molecule has 112 valence electrons. The summed E-state index contributed by atoms with van der Waals surface area (Å²) in [6, 6.07) is 8.00. The molecule has 3 rings (SSSR count). The van der Waals surface area contributed by atoms with E-state index in [4.69, 9.17) is 9.84 Å². The smallest absolute Gasteiger partial charge is 0.334 e. The highest BCUT2D eigenvalue weighted by Gasteiger charge is 2.37. The topological polar surface area (TPSA) is 66.8 Å². The third-order valence-electron chi connectivity index (χ3n) is 4.28. The molecule has 0 bridgehead atoms. The minimum absolute atomic E-state index is 0.0290. The maximum absolute atomic E-state index is 12.8. The molecule has 2 unspecified atom stereocenters. The Morgan fingerprint density at radius 1 is 1.29 bits per heavy atom. The molecule has 0 saturated carbocycles. The molecule has 1 aliphatic carbocycles. The number of rotatable bonds is 2. The summed E-state index contributed by atoms with van der Waals surface area (Å²) in [5.74, 6) is -1.12. The van der Waals surface area contributed by atoms with Crippen LogP contribution in [0.5, 0.6) is 0 Å². The Kier molecular flexibility index (Phi) is 3.68. The maximum atomic E-state index is 12.8. The molecule has 1 heterocycles. The highest BCUT2D eigenvalue weighted by molar-refractivity contribution is 5.86. The average molecular weight is 289 g/mol. The quantitative estimate of drug-likeness (QED) is 0.894.